The lowest BCUT2D eigenvalue weighted by molar-refractivity contribution is -0.107. The Labute approximate surface area is 59.4 Å². The Morgan fingerprint density at radius 3 is 2.40 bits per heavy atom. The fourth-order valence-electron chi connectivity index (χ4n) is 0.477. The van der Waals surface area contributed by atoms with Gasteiger partial charge in [-0.05, 0) is 6.42 Å². The topological polar surface area (TPSA) is 74.6 Å². The molecule has 10 heavy (non-hydrogen) atoms. The maximum Gasteiger partial charge on any atom is 0.328 e. The fraction of sp³-hybridized carbons (Fsp3) is 0.800. The maximum atomic E-state index is 10.4. The molecule has 0 saturated carbocycles. The molecule has 0 saturated heterocycles. The summed E-state index contributed by atoms with van der Waals surface area (Å²) in [5, 5.41) is 0. The number of carbonyl (C=O) groups excluding carboxylic acids is 1. The summed E-state index contributed by atoms with van der Waals surface area (Å²) in [6.07, 6.45) is 1.13. The molecule has 0 amide bonds. The molecular formula is C5H11O4P. The Kier molecular flexibility index (Phi) is 3.79. The zero-order chi connectivity index (χ0) is 8.20. The second-order valence-electron chi connectivity index (χ2n) is 2.18. The van der Waals surface area contributed by atoms with Crippen molar-refractivity contribution in [2.24, 2.45) is 0 Å². The van der Waals surface area contributed by atoms with E-state index in [-0.39, 0.29) is 12.8 Å². The summed E-state index contributed by atoms with van der Waals surface area (Å²) in [6.45, 7) is 1.43. The Balaban J connectivity index is 3.73. The Morgan fingerprint density at radius 1 is 1.60 bits per heavy atom. The molecule has 2 N–H and O–H groups in total. The normalized spacial score (nSPS) is 14.7. The molecule has 0 bridgehead atoms. The van der Waals surface area contributed by atoms with E-state index in [0.717, 1.165) is 0 Å². The summed E-state index contributed by atoms with van der Waals surface area (Å²) >= 11 is 0. The van der Waals surface area contributed by atoms with Gasteiger partial charge in [0, 0.05) is 6.42 Å². The molecule has 0 rings (SSSR count). The lowest BCUT2D eigenvalue weighted by Gasteiger charge is -2.10. The number of hydrogen-bond donors (Lipinski definition) is 2. The molecule has 0 aromatic rings. The zero-order valence-electron chi connectivity index (χ0n) is 5.73. The zero-order valence-corrected chi connectivity index (χ0v) is 6.62. The minimum absolute atomic E-state index is 0.215. The first kappa shape index (κ1) is 9.82. The Bertz CT molecular complexity index is 150. The SMILES string of the molecule is CC(CCC=O)P(=O)(O)O. The summed E-state index contributed by atoms with van der Waals surface area (Å²) in [5.74, 6) is 0. The third-order valence-corrected chi connectivity index (χ3v) is 2.68. The van der Waals surface area contributed by atoms with Gasteiger partial charge in [-0.3, -0.25) is 4.57 Å². The van der Waals surface area contributed by atoms with Crippen LogP contribution < -0.4 is 0 Å². The van der Waals surface area contributed by atoms with Crippen molar-refractivity contribution in [3.05, 3.63) is 0 Å². The van der Waals surface area contributed by atoms with E-state index in [2.05, 4.69) is 0 Å². The van der Waals surface area contributed by atoms with Crippen LogP contribution in [0.4, 0.5) is 0 Å². The molecule has 1 atom stereocenters. The van der Waals surface area contributed by atoms with E-state index in [1.807, 2.05) is 0 Å². The molecule has 0 heterocycles. The number of rotatable bonds is 4. The molecule has 0 aromatic heterocycles. The highest BCUT2D eigenvalue weighted by atomic mass is 31.2. The van der Waals surface area contributed by atoms with Crippen molar-refractivity contribution in [1.82, 2.24) is 0 Å². The van der Waals surface area contributed by atoms with E-state index in [4.69, 9.17) is 9.79 Å². The van der Waals surface area contributed by atoms with Crippen molar-refractivity contribution < 1.29 is 19.1 Å². The van der Waals surface area contributed by atoms with E-state index >= 15 is 0 Å². The average molecular weight is 166 g/mol. The lowest BCUT2D eigenvalue weighted by Crippen LogP contribution is -2.02. The van der Waals surface area contributed by atoms with Gasteiger partial charge in [-0.2, -0.15) is 0 Å². The third-order valence-electron chi connectivity index (χ3n) is 1.28. The van der Waals surface area contributed by atoms with E-state index < -0.39 is 13.3 Å². The van der Waals surface area contributed by atoms with Gasteiger partial charge in [-0.1, -0.05) is 6.92 Å². The van der Waals surface area contributed by atoms with E-state index in [9.17, 15) is 9.36 Å². The highest BCUT2D eigenvalue weighted by molar-refractivity contribution is 7.52. The van der Waals surface area contributed by atoms with Gasteiger partial charge in [0.25, 0.3) is 0 Å². The van der Waals surface area contributed by atoms with Crippen molar-refractivity contribution in [1.29, 1.82) is 0 Å². The summed E-state index contributed by atoms with van der Waals surface area (Å²) in [4.78, 5) is 26.8. The number of hydrogen-bond acceptors (Lipinski definition) is 2. The Morgan fingerprint density at radius 2 is 2.10 bits per heavy atom. The van der Waals surface area contributed by atoms with Gasteiger partial charge >= 0.3 is 7.60 Å². The standard InChI is InChI=1S/C5H11O4P/c1-5(3-2-4-6)10(7,8)9/h4-5H,2-3H2,1H3,(H2,7,8,9). The molecule has 0 fully saturated rings. The third kappa shape index (κ3) is 3.77. The summed E-state index contributed by atoms with van der Waals surface area (Å²) in [6, 6.07) is 0. The first-order valence-electron chi connectivity index (χ1n) is 2.97. The minimum atomic E-state index is -3.95. The van der Waals surface area contributed by atoms with Crippen molar-refractivity contribution in [2.45, 2.75) is 25.4 Å². The monoisotopic (exact) mass is 166 g/mol. The van der Waals surface area contributed by atoms with Crippen molar-refractivity contribution in [3.63, 3.8) is 0 Å². The highest BCUT2D eigenvalue weighted by Gasteiger charge is 2.22. The van der Waals surface area contributed by atoms with Gasteiger partial charge in [0.15, 0.2) is 0 Å². The second-order valence-corrected chi connectivity index (χ2v) is 4.24. The van der Waals surface area contributed by atoms with Crippen LogP contribution in [-0.2, 0) is 9.36 Å². The Hall–Kier alpha value is -0.180. The van der Waals surface area contributed by atoms with Gasteiger partial charge in [-0.25, -0.2) is 0 Å². The first-order valence-corrected chi connectivity index (χ1v) is 4.65. The van der Waals surface area contributed by atoms with Crippen LogP contribution in [0.2, 0.25) is 0 Å². The fourth-order valence-corrected chi connectivity index (χ4v) is 0.963. The van der Waals surface area contributed by atoms with Crippen LogP contribution >= 0.6 is 7.60 Å². The molecule has 0 aromatic carbocycles. The molecule has 0 spiro atoms. The minimum Gasteiger partial charge on any atom is -0.324 e. The van der Waals surface area contributed by atoms with Crippen LogP contribution in [0.5, 0.6) is 0 Å². The first-order chi connectivity index (χ1) is 4.48. The van der Waals surface area contributed by atoms with Crippen LogP contribution in [-0.4, -0.2) is 21.7 Å². The largest absolute Gasteiger partial charge is 0.328 e. The van der Waals surface area contributed by atoms with Crippen molar-refractivity contribution in [2.75, 3.05) is 0 Å². The maximum absolute atomic E-state index is 10.4. The summed E-state index contributed by atoms with van der Waals surface area (Å²) < 4.78 is 10.4. The van der Waals surface area contributed by atoms with Gasteiger partial charge in [0.05, 0.1) is 5.66 Å². The van der Waals surface area contributed by atoms with Crippen molar-refractivity contribution >= 4 is 13.9 Å². The molecule has 60 valence electrons. The smallest absolute Gasteiger partial charge is 0.324 e. The van der Waals surface area contributed by atoms with Gasteiger partial charge in [0.2, 0.25) is 0 Å². The van der Waals surface area contributed by atoms with Crippen molar-refractivity contribution in [3.8, 4) is 0 Å². The molecule has 1 unspecified atom stereocenters. The molecule has 0 aliphatic rings. The predicted octanol–water partition coefficient (Wildman–Crippen LogP) is 0.532. The highest BCUT2D eigenvalue weighted by Crippen LogP contribution is 2.42. The number of carbonyl (C=O) groups is 1. The van der Waals surface area contributed by atoms with Gasteiger partial charge < -0.3 is 14.6 Å². The van der Waals surface area contributed by atoms with Gasteiger partial charge in [0.1, 0.15) is 6.29 Å². The molecule has 5 heteroatoms. The molecule has 0 aliphatic carbocycles. The van der Waals surface area contributed by atoms with Crippen LogP contribution in [0.1, 0.15) is 19.8 Å². The lowest BCUT2D eigenvalue weighted by atomic mass is 10.3. The van der Waals surface area contributed by atoms with E-state index in [1.165, 1.54) is 6.92 Å². The van der Waals surface area contributed by atoms with Crippen LogP contribution in [0.3, 0.4) is 0 Å². The predicted molar refractivity (Wildman–Crippen MR) is 36.8 cm³/mol. The average Bonchev–Trinajstić information content (AvgIpc) is 1.80. The molecule has 0 radical (unpaired) electrons. The second kappa shape index (κ2) is 3.86. The summed E-state index contributed by atoms with van der Waals surface area (Å²) in [7, 11) is -3.95. The van der Waals surface area contributed by atoms with Crippen LogP contribution in [0, 0.1) is 0 Å². The van der Waals surface area contributed by atoms with E-state index in [0.29, 0.717) is 6.29 Å². The number of aldehydes is 1. The molecule has 4 nitrogen and oxygen atoms in total. The molecule has 0 aliphatic heterocycles. The molecular weight excluding hydrogens is 155 g/mol. The quantitative estimate of drug-likeness (QED) is 0.472. The van der Waals surface area contributed by atoms with Crippen LogP contribution in [0.15, 0.2) is 0 Å². The van der Waals surface area contributed by atoms with E-state index in [1.54, 1.807) is 0 Å². The van der Waals surface area contributed by atoms with Gasteiger partial charge in [-0.15, -0.1) is 0 Å². The summed E-state index contributed by atoms with van der Waals surface area (Å²) in [5.41, 5.74) is -0.697. The van der Waals surface area contributed by atoms with Crippen LogP contribution in [0.25, 0.3) is 0 Å².